The first-order chi connectivity index (χ1) is 13.2. The molecule has 1 saturated heterocycles. The number of hydrogen-bond acceptors (Lipinski definition) is 3. The van der Waals surface area contributed by atoms with Gasteiger partial charge in [-0.05, 0) is 41.7 Å². The zero-order chi connectivity index (χ0) is 20.4. The van der Waals surface area contributed by atoms with Gasteiger partial charge in [0.05, 0.1) is 13.2 Å². The summed E-state index contributed by atoms with van der Waals surface area (Å²) in [5, 5.41) is 10.5. The number of aliphatic hydroxyl groups is 1. The van der Waals surface area contributed by atoms with Gasteiger partial charge in [0.25, 0.3) is 5.97 Å². The van der Waals surface area contributed by atoms with E-state index in [2.05, 4.69) is 13.8 Å². The molecule has 1 N–H and O–H groups in total. The molecular formula is C22H25F3O3. The van der Waals surface area contributed by atoms with E-state index in [4.69, 9.17) is 9.47 Å². The Bertz CT molecular complexity index is 789. The lowest BCUT2D eigenvalue weighted by atomic mass is 9.87. The van der Waals surface area contributed by atoms with Crippen LogP contribution in [-0.4, -0.2) is 24.3 Å². The fraction of sp³-hybridized carbons (Fsp3) is 0.455. The molecule has 0 unspecified atom stereocenters. The van der Waals surface area contributed by atoms with Crippen molar-refractivity contribution in [3.8, 4) is 11.1 Å². The zero-order valence-corrected chi connectivity index (χ0v) is 16.1. The third kappa shape index (κ3) is 4.74. The van der Waals surface area contributed by atoms with Gasteiger partial charge in [-0.2, -0.15) is 0 Å². The molecule has 0 aliphatic carbocycles. The van der Waals surface area contributed by atoms with Crippen LogP contribution in [-0.2, 0) is 15.9 Å². The maximum absolute atomic E-state index is 13.4. The van der Waals surface area contributed by atoms with E-state index >= 15 is 0 Å². The summed E-state index contributed by atoms with van der Waals surface area (Å²) in [6.07, 6.45) is 2.77. The molecule has 0 aromatic heterocycles. The maximum Gasteiger partial charge on any atom is 0.280 e. The van der Waals surface area contributed by atoms with Crippen molar-refractivity contribution in [3.05, 3.63) is 59.4 Å². The van der Waals surface area contributed by atoms with Crippen LogP contribution in [0, 0.1) is 22.9 Å². The van der Waals surface area contributed by atoms with Crippen molar-refractivity contribution in [1.82, 2.24) is 0 Å². The lowest BCUT2D eigenvalue weighted by Gasteiger charge is -2.41. The van der Waals surface area contributed by atoms with Crippen molar-refractivity contribution in [3.63, 3.8) is 0 Å². The van der Waals surface area contributed by atoms with Gasteiger partial charge in [-0.25, -0.2) is 13.2 Å². The number of aryl methyl sites for hydroxylation is 1. The molecule has 0 radical (unpaired) electrons. The highest BCUT2D eigenvalue weighted by atomic mass is 19.2. The highest BCUT2D eigenvalue weighted by Gasteiger charge is 2.40. The van der Waals surface area contributed by atoms with Gasteiger partial charge in [0.15, 0.2) is 17.5 Å². The summed E-state index contributed by atoms with van der Waals surface area (Å²) in [7, 11) is 0. The van der Waals surface area contributed by atoms with Crippen LogP contribution in [0.5, 0.6) is 0 Å². The van der Waals surface area contributed by atoms with Crippen molar-refractivity contribution in [1.29, 1.82) is 0 Å². The Morgan fingerprint density at radius 3 is 2.04 bits per heavy atom. The molecule has 0 spiro atoms. The quantitative estimate of drug-likeness (QED) is 0.684. The predicted molar refractivity (Wildman–Crippen MR) is 99.9 cm³/mol. The van der Waals surface area contributed by atoms with Gasteiger partial charge in [0.1, 0.15) is 0 Å². The van der Waals surface area contributed by atoms with Gasteiger partial charge in [0.2, 0.25) is 0 Å². The Balaban J connectivity index is 1.61. The fourth-order valence-corrected chi connectivity index (χ4v) is 3.44. The van der Waals surface area contributed by atoms with Gasteiger partial charge in [-0.15, -0.1) is 0 Å². The molecule has 1 fully saturated rings. The summed E-state index contributed by atoms with van der Waals surface area (Å²) < 4.78 is 51.1. The molecule has 1 heterocycles. The average molecular weight is 394 g/mol. The molecule has 3 nitrogen and oxygen atoms in total. The second-order valence-corrected chi connectivity index (χ2v) is 7.80. The van der Waals surface area contributed by atoms with Crippen LogP contribution in [0.25, 0.3) is 11.1 Å². The predicted octanol–water partition coefficient (Wildman–Crippen LogP) is 5.20. The summed E-state index contributed by atoms with van der Waals surface area (Å²) in [5.74, 6) is -5.52. The molecular weight excluding hydrogens is 369 g/mol. The second-order valence-electron chi connectivity index (χ2n) is 7.80. The van der Waals surface area contributed by atoms with Crippen molar-refractivity contribution >= 4 is 0 Å². The molecule has 3 rings (SSSR count). The van der Waals surface area contributed by atoms with E-state index in [9.17, 15) is 18.3 Å². The van der Waals surface area contributed by atoms with E-state index < -0.39 is 23.4 Å². The second kappa shape index (κ2) is 8.23. The molecule has 1 aliphatic rings. The summed E-state index contributed by atoms with van der Waals surface area (Å²) in [6, 6.07) is 8.92. The normalized spacial score (nSPS) is 25.1. The zero-order valence-electron chi connectivity index (χ0n) is 16.1. The molecule has 6 heteroatoms. The monoisotopic (exact) mass is 394 g/mol. The van der Waals surface area contributed by atoms with E-state index in [0.717, 1.165) is 30.5 Å². The Morgan fingerprint density at radius 1 is 0.929 bits per heavy atom. The first-order valence-corrected chi connectivity index (χ1v) is 9.48. The molecule has 0 amide bonds. The van der Waals surface area contributed by atoms with Crippen LogP contribution in [0.15, 0.2) is 36.4 Å². The Kier molecular flexibility index (Phi) is 6.12. The van der Waals surface area contributed by atoms with E-state index in [-0.39, 0.29) is 17.4 Å². The number of benzene rings is 2. The molecule has 2 aromatic carbocycles. The van der Waals surface area contributed by atoms with Crippen LogP contribution < -0.4 is 0 Å². The minimum atomic E-state index is -1.60. The Labute approximate surface area is 163 Å². The van der Waals surface area contributed by atoms with Gasteiger partial charge in [-0.1, -0.05) is 44.5 Å². The Hall–Kier alpha value is -1.89. The minimum Gasteiger partial charge on any atom is -0.343 e. The molecule has 152 valence electrons. The topological polar surface area (TPSA) is 38.7 Å². The lowest BCUT2D eigenvalue weighted by Crippen LogP contribution is -2.48. The smallest absolute Gasteiger partial charge is 0.280 e. The fourth-order valence-electron chi connectivity index (χ4n) is 3.44. The summed E-state index contributed by atoms with van der Waals surface area (Å²) in [5.41, 5.74) is 1.66. The van der Waals surface area contributed by atoms with E-state index in [0.29, 0.717) is 25.2 Å². The first-order valence-electron chi connectivity index (χ1n) is 9.48. The SMILES string of the molecule is CCCC1(C)COC(O)(CCc2ccc(-c3cc(F)c(F)c(F)c3)cc2)OC1. The molecule has 0 atom stereocenters. The van der Waals surface area contributed by atoms with Crippen LogP contribution in [0.2, 0.25) is 0 Å². The van der Waals surface area contributed by atoms with Gasteiger partial charge >= 0.3 is 0 Å². The van der Waals surface area contributed by atoms with E-state index in [1.54, 1.807) is 24.3 Å². The molecule has 1 aliphatic heterocycles. The van der Waals surface area contributed by atoms with Crippen molar-refractivity contribution < 1.29 is 27.8 Å². The summed E-state index contributed by atoms with van der Waals surface area (Å²) in [4.78, 5) is 0. The third-order valence-corrected chi connectivity index (χ3v) is 5.15. The van der Waals surface area contributed by atoms with Crippen LogP contribution in [0.3, 0.4) is 0 Å². The molecule has 0 bridgehead atoms. The first kappa shape index (κ1) is 20.8. The van der Waals surface area contributed by atoms with Gasteiger partial charge in [-0.3, -0.25) is 0 Å². The van der Waals surface area contributed by atoms with Crippen molar-refractivity contribution in [2.45, 2.75) is 45.5 Å². The standard InChI is InChI=1S/C22H25F3O3/c1-3-9-21(2)13-27-22(26,28-14-21)10-8-15-4-6-16(7-5-15)17-11-18(23)20(25)19(24)12-17/h4-7,11-12,26H,3,8-10,13-14H2,1-2H3. The number of rotatable bonds is 6. The number of halogens is 3. The van der Waals surface area contributed by atoms with Gasteiger partial charge in [0, 0.05) is 11.8 Å². The minimum absolute atomic E-state index is 0.0810. The lowest BCUT2D eigenvalue weighted by molar-refractivity contribution is -0.404. The van der Waals surface area contributed by atoms with Gasteiger partial charge < -0.3 is 14.6 Å². The number of hydrogen-bond donors (Lipinski definition) is 1. The summed E-state index contributed by atoms with van der Waals surface area (Å²) >= 11 is 0. The average Bonchev–Trinajstić information content (AvgIpc) is 2.68. The van der Waals surface area contributed by atoms with E-state index in [1.807, 2.05) is 0 Å². The molecule has 0 saturated carbocycles. The summed E-state index contributed by atoms with van der Waals surface area (Å²) in [6.45, 7) is 5.07. The number of ether oxygens (including phenoxy) is 2. The Morgan fingerprint density at radius 2 is 1.50 bits per heavy atom. The van der Waals surface area contributed by atoms with Crippen molar-refractivity contribution in [2.75, 3.05) is 13.2 Å². The molecule has 28 heavy (non-hydrogen) atoms. The van der Waals surface area contributed by atoms with Crippen LogP contribution >= 0.6 is 0 Å². The molecule has 2 aromatic rings. The van der Waals surface area contributed by atoms with Crippen LogP contribution in [0.4, 0.5) is 13.2 Å². The van der Waals surface area contributed by atoms with Crippen LogP contribution in [0.1, 0.15) is 38.7 Å². The third-order valence-electron chi connectivity index (χ3n) is 5.15. The van der Waals surface area contributed by atoms with E-state index in [1.165, 1.54) is 0 Å². The largest absolute Gasteiger partial charge is 0.343 e. The maximum atomic E-state index is 13.4. The highest BCUT2D eigenvalue weighted by Crippen LogP contribution is 2.34. The van der Waals surface area contributed by atoms with Crippen molar-refractivity contribution in [2.24, 2.45) is 5.41 Å². The highest BCUT2D eigenvalue weighted by molar-refractivity contribution is 5.63.